The number of nitrogens with one attached hydrogen (secondary N) is 3. The van der Waals surface area contributed by atoms with Crippen molar-refractivity contribution < 1.29 is 18.1 Å². The highest BCUT2D eigenvalue weighted by atomic mass is 32.2. The molecule has 1 saturated carbocycles. The van der Waals surface area contributed by atoms with Crippen LogP contribution in [0.4, 0.5) is 16.2 Å². The summed E-state index contributed by atoms with van der Waals surface area (Å²) < 4.78 is 26.4. The number of anilines is 1. The Balaban J connectivity index is 2.12. The minimum Gasteiger partial charge on any atom is -0.334 e. The van der Waals surface area contributed by atoms with Crippen molar-refractivity contribution in [3.8, 4) is 0 Å². The summed E-state index contributed by atoms with van der Waals surface area (Å²) in [5, 5.41) is 14.2. The second-order valence-electron chi connectivity index (χ2n) is 6.58. The first-order chi connectivity index (χ1) is 13.3. The number of benzene rings is 1. The van der Waals surface area contributed by atoms with Crippen molar-refractivity contribution in [1.29, 1.82) is 0 Å². The van der Waals surface area contributed by atoms with E-state index in [1.807, 2.05) is 0 Å². The van der Waals surface area contributed by atoms with Crippen LogP contribution in [0.3, 0.4) is 0 Å². The number of sulfonamides is 1. The fourth-order valence-electron chi connectivity index (χ4n) is 3.23. The number of carbonyl (C=O) groups is 1. The van der Waals surface area contributed by atoms with Crippen LogP contribution in [-0.2, 0) is 10.0 Å². The molecule has 3 N–H and O–H groups in total. The Labute approximate surface area is 164 Å². The van der Waals surface area contributed by atoms with Gasteiger partial charge in [-0.1, -0.05) is 33.1 Å². The molecule has 0 bridgehead atoms. The van der Waals surface area contributed by atoms with Crippen LogP contribution in [0, 0.1) is 10.1 Å². The van der Waals surface area contributed by atoms with Crippen LogP contribution < -0.4 is 16.2 Å². The van der Waals surface area contributed by atoms with Gasteiger partial charge in [0, 0.05) is 25.2 Å². The van der Waals surface area contributed by atoms with Gasteiger partial charge in [0.2, 0.25) is 10.0 Å². The third-order valence-corrected chi connectivity index (χ3v) is 6.81. The molecule has 0 radical (unpaired) electrons. The minimum atomic E-state index is -3.82. The van der Waals surface area contributed by atoms with Crippen LogP contribution in [0.1, 0.15) is 46.0 Å². The van der Waals surface area contributed by atoms with Crippen LogP contribution in [0.2, 0.25) is 0 Å². The molecule has 2 amide bonds. The molecule has 0 aromatic heterocycles. The first-order valence-corrected chi connectivity index (χ1v) is 10.8. The highest BCUT2D eigenvalue weighted by molar-refractivity contribution is 7.89. The molecule has 11 heteroatoms. The second kappa shape index (κ2) is 9.69. The van der Waals surface area contributed by atoms with Gasteiger partial charge in [0.25, 0.3) is 5.69 Å². The van der Waals surface area contributed by atoms with E-state index in [2.05, 4.69) is 16.2 Å². The number of hydrogen-bond acceptors (Lipinski definition) is 6. The van der Waals surface area contributed by atoms with Gasteiger partial charge in [-0.15, -0.1) is 0 Å². The lowest BCUT2D eigenvalue weighted by Gasteiger charge is -2.23. The minimum absolute atomic E-state index is 0.00212. The predicted molar refractivity (Wildman–Crippen MR) is 105 cm³/mol. The van der Waals surface area contributed by atoms with Crippen molar-refractivity contribution >= 4 is 27.4 Å². The van der Waals surface area contributed by atoms with Gasteiger partial charge in [-0.25, -0.2) is 13.2 Å². The number of rotatable bonds is 8. The number of hydrogen-bond donors (Lipinski definition) is 3. The lowest BCUT2D eigenvalue weighted by Crippen LogP contribution is -2.45. The molecule has 2 rings (SSSR count). The number of carbonyl (C=O) groups excluding carboxylic acids is 1. The van der Waals surface area contributed by atoms with Crippen molar-refractivity contribution in [2.75, 3.05) is 18.5 Å². The molecule has 0 atom stereocenters. The number of urea groups is 1. The first-order valence-electron chi connectivity index (χ1n) is 9.40. The lowest BCUT2D eigenvalue weighted by atomic mass is 9.96. The molecular formula is C17H27N5O5S. The number of nitrogens with zero attached hydrogens (tertiary/aromatic N) is 2. The summed E-state index contributed by atoms with van der Waals surface area (Å²) >= 11 is 0. The van der Waals surface area contributed by atoms with Gasteiger partial charge in [-0.2, -0.15) is 4.31 Å². The van der Waals surface area contributed by atoms with Crippen LogP contribution in [-0.4, -0.2) is 42.8 Å². The summed E-state index contributed by atoms with van der Waals surface area (Å²) in [6.07, 6.45) is 5.10. The van der Waals surface area contributed by atoms with Crippen molar-refractivity contribution in [2.45, 2.75) is 56.9 Å². The molecule has 1 aromatic carbocycles. The topological polar surface area (TPSA) is 134 Å². The Morgan fingerprint density at radius 1 is 1.21 bits per heavy atom. The molecule has 0 unspecified atom stereocenters. The first kappa shape index (κ1) is 21.9. The van der Waals surface area contributed by atoms with Gasteiger partial charge in [0.1, 0.15) is 5.69 Å². The maximum Gasteiger partial charge on any atom is 0.333 e. The van der Waals surface area contributed by atoms with Gasteiger partial charge < -0.3 is 5.32 Å². The summed E-state index contributed by atoms with van der Waals surface area (Å²) in [6.45, 7) is 3.91. The van der Waals surface area contributed by atoms with E-state index in [4.69, 9.17) is 0 Å². The summed E-state index contributed by atoms with van der Waals surface area (Å²) in [5.74, 6) is 0. The lowest BCUT2D eigenvalue weighted by molar-refractivity contribution is -0.384. The SMILES string of the molecule is CCN(CC)S(=O)(=O)c1ccc(NNC(=O)NC2CCCCC2)c([N+](=O)[O-])c1. The van der Waals surface area contributed by atoms with Gasteiger partial charge in [0.15, 0.2) is 0 Å². The third-order valence-electron chi connectivity index (χ3n) is 4.76. The van der Waals surface area contributed by atoms with Gasteiger partial charge in [-0.05, 0) is 25.0 Å². The molecule has 1 aliphatic rings. The van der Waals surface area contributed by atoms with Crippen molar-refractivity contribution in [3.05, 3.63) is 28.3 Å². The molecule has 1 fully saturated rings. The van der Waals surface area contributed by atoms with E-state index >= 15 is 0 Å². The summed E-state index contributed by atoms with van der Waals surface area (Å²) in [5.41, 5.74) is 4.45. The average Bonchev–Trinajstić information content (AvgIpc) is 2.67. The van der Waals surface area contributed by atoms with Crippen LogP contribution in [0.5, 0.6) is 0 Å². The van der Waals surface area contributed by atoms with Crippen molar-refractivity contribution in [2.24, 2.45) is 0 Å². The smallest absolute Gasteiger partial charge is 0.333 e. The number of nitro groups is 1. The Morgan fingerprint density at radius 3 is 2.43 bits per heavy atom. The van der Waals surface area contributed by atoms with E-state index in [1.54, 1.807) is 13.8 Å². The monoisotopic (exact) mass is 413 g/mol. The van der Waals surface area contributed by atoms with E-state index in [0.29, 0.717) is 0 Å². The second-order valence-corrected chi connectivity index (χ2v) is 8.52. The summed E-state index contributed by atoms with van der Waals surface area (Å²) in [7, 11) is -3.82. The van der Waals surface area contributed by atoms with E-state index in [-0.39, 0.29) is 29.7 Å². The molecule has 0 spiro atoms. The predicted octanol–water partition coefficient (Wildman–Crippen LogP) is 2.58. The van der Waals surface area contributed by atoms with Crippen LogP contribution in [0.15, 0.2) is 23.1 Å². The largest absolute Gasteiger partial charge is 0.334 e. The highest BCUT2D eigenvalue weighted by Gasteiger charge is 2.26. The van der Waals surface area contributed by atoms with Gasteiger partial charge >= 0.3 is 6.03 Å². The summed E-state index contributed by atoms with van der Waals surface area (Å²) in [6, 6.07) is 3.16. The quantitative estimate of drug-likeness (QED) is 0.443. The standard InChI is InChI=1S/C17H27N5O5S/c1-3-21(4-2)28(26,27)14-10-11-15(16(12-14)22(24)25)19-20-17(23)18-13-8-6-5-7-9-13/h10-13,19H,3-9H2,1-2H3,(H2,18,20,23). The van der Waals surface area contributed by atoms with Crippen LogP contribution in [0.25, 0.3) is 0 Å². The molecule has 0 aliphatic heterocycles. The van der Waals surface area contributed by atoms with Gasteiger partial charge in [0.05, 0.1) is 9.82 Å². The normalized spacial score (nSPS) is 15.2. The molecule has 1 aliphatic carbocycles. The fraction of sp³-hybridized carbons (Fsp3) is 0.588. The Morgan fingerprint density at radius 2 is 1.86 bits per heavy atom. The van der Waals surface area contributed by atoms with E-state index in [1.165, 1.54) is 16.4 Å². The fourth-order valence-corrected chi connectivity index (χ4v) is 4.71. The van der Waals surface area contributed by atoms with E-state index in [9.17, 15) is 23.3 Å². The zero-order chi connectivity index (χ0) is 20.7. The molecule has 156 valence electrons. The zero-order valence-electron chi connectivity index (χ0n) is 16.1. The van der Waals surface area contributed by atoms with E-state index in [0.717, 1.165) is 38.2 Å². The highest BCUT2D eigenvalue weighted by Crippen LogP contribution is 2.28. The molecule has 0 heterocycles. The number of hydrazine groups is 1. The Kier molecular flexibility index (Phi) is 7.58. The average molecular weight is 414 g/mol. The Bertz CT molecular complexity index is 804. The Hall–Kier alpha value is -2.40. The molecule has 1 aromatic rings. The maximum absolute atomic E-state index is 12.6. The molecule has 10 nitrogen and oxygen atoms in total. The number of nitro benzene ring substituents is 1. The summed E-state index contributed by atoms with van der Waals surface area (Å²) in [4.78, 5) is 22.5. The molecule has 0 saturated heterocycles. The van der Waals surface area contributed by atoms with Gasteiger partial charge in [-0.3, -0.25) is 21.0 Å². The number of amides is 2. The van der Waals surface area contributed by atoms with Crippen LogP contribution >= 0.6 is 0 Å². The third kappa shape index (κ3) is 5.32. The molecule has 28 heavy (non-hydrogen) atoms. The van der Waals surface area contributed by atoms with Crippen molar-refractivity contribution in [3.63, 3.8) is 0 Å². The molecular weight excluding hydrogens is 386 g/mol. The zero-order valence-corrected chi connectivity index (χ0v) is 16.9. The van der Waals surface area contributed by atoms with Crippen molar-refractivity contribution in [1.82, 2.24) is 15.0 Å². The maximum atomic E-state index is 12.6. The van der Waals surface area contributed by atoms with E-state index < -0.39 is 26.7 Å².